The molecule has 5 nitrogen and oxygen atoms in total. The van der Waals surface area contributed by atoms with Crippen LogP contribution in [0.1, 0.15) is 31.5 Å². The molecule has 17 heavy (non-hydrogen) atoms. The molecule has 1 aliphatic rings. The number of aromatic nitrogens is 4. The molecule has 2 heterocycles. The maximum Gasteiger partial charge on any atom is 0.143 e. The van der Waals surface area contributed by atoms with Gasteiger partial charge in [-0.05, 0) is 19.8 Å². The Labute approximate surface area is 99.9 Å². The largest absolute Gasteiger partial charge is 0.370 e. The summed E-state index contributed by atoms with van der Waals surface area (Å²) in [7, 11) is 0. The number of nitrogens with one attached hydrogen (secondary N) is 1. The molecule has 2 aromatic heterocycles. The zero-order valence-electron chi connectivity index (χ0n) is 9.80. The standard InChI is InChI=1S/C12H15N5/c1-2-14-10-7-11(17-6-5-13-8-17)16-12(15-10)9-3-4-9/h5-9H,2-4H2,1H3,(H,14,15,16). The number of rotatable bonds is 4. The first-order chi connectivity index (χ1) is 8.36. The van der Waals surface area contributed by atoms with Crippen LogP contribution in [0.4, 0.5) is 5.82 Å². The molecule has 0 aliphatic heterocycles. The van der Waals surface area contributed by atoms with Crippen LogP contribution in [-0.2, 0) is 0 Å². The second-order valence-electron chi connectivity index (χ2n) is 4.24. The Hall–Kier alpha value is -1.91. The van der Waals surface area contributed by atoms with Gasteiger partial charge in [0.2, 0.25) is 0 Å². The van der Waals surface area contributed by atoms with Crippen molar-refractivity contribution < 1.29 is 0 Å². The molecule has 0 atom stereocenters. The highest BCUT2D eigenvalue weighted by Gasteiger charge is 2.27. The minimum Gasteiger partial charge on any atom is -0.370 e. The average Bonchev–Trinajstić information content (AvgIpc) is 3.05. The van der Waals surface area contributed by atoms with E-state index in [-0.39, 0.29) is 0 Å². The third-order valence-electron chi connectivity index (χ3n) is 2.80. The third-order valence-corrected chi connectivity index (χ3v) is 2.80. The highest BCUT2D eigenvalue weighted by atomic mass is 15.1. The van der Waals surface area contributed by atoms with Crippen molar-refractivity contribution in [2.75, 3.05) is 11.9 Å². The first-order valence-corrected chi connectivity index (χ1v) is 5.98. The Morgan fingerprint density at radius 2 is 2.29 bits per heavy atom. The van der Waals surface area contributed by atoms with E-state index in [1.165, 1.54) is 12.8 Å². The van der Waals surface area contributed by atoms with Crippen molar-refractivity contribution in [3.63, 3.8) is 0 Å². The van der Waals surface area contributed by atoms with Crippen LogP contribution in [0.2, 0.25) is 0 Å². The summed E-state index contributed by atoms with van der Waals surface area (Å²) in [5, 5.41) is 3.25. The van der Waals surface area contributed by atoms with Crippen molar-refractivity contribution in [3.05, 3.63) is 30.6 Å². The van der Waals surface area contributed by atoms with E-state index in [1.807, 2.05) is 16.8 Å². The summed E-state index contributed by atoms with van der Waals surface area (Å²) in [5.74, 6) is 3.28. The molecule has 2 aromatic rings. The molecular formula is C12H15N5. The van der Waals surface area contributed by atoms with Gasteiger partial charge >= 0.3 is 0 Å². The summed E-state index contributed by atoms with van der Waals surface area (Å²) >= 11 is 0. The minimum atomic E-state index is 0.552. The fourth-order valence-electron chi connectivity index (χ4n) is 1.78. The average molecular weight is 229 g/mol. The van der Waals surface area contributed by atoms with Gasteiger partial charge in [0.1, 0.15) is 23.8 Å². The normalized spacial score (nSPS) is 14.9. The van der Waals surface area contributed by atoms with Gasteiger partial charge < -0.3 is 5.32 Å². The van der Waals surface area contributed by atoms with Gasteiger partial charge in [-0.25, -0.2) is 15.0 Å². The van der Waals surface area contributed by atoms with E-state index >= 15 is 0 Å². The molecule has 88 valence electrons. The molecule has 1 N–H and O–H groups in total. The summed E-state index contributed by atoms with van der Waals surface area (Å²) in [6.45, 7) is 2.93. The summed E-state index contributed by atoms with van der Waals surface area (Å²) in [6.07, 6.45) is 7.83. The van der Waals surface area contributed by atoms with Crippen molar-refractivity contribution in [1.29, 1.82) is 0 Å². The van der Waals surface area contributed by atoms with E-state index in [1.54, 1.807) is 12.5 Å². The molecule has 3 rings (SSSR count). The van der Waals surface area contributed by atoms with Crippen LogP contribution >= 0.6 is 0 Å². The smallest absolute Gasteiger partial charge is 0.143 e. The van der Waals surface area contributed by atoms with Crippen LogP contribution < -0.4 is 5.32 Å². The predicted molar refractivity (Wildman–Crippen MR) is 65.3 cm³/mol. The van der Waals surface area contributed by atoms with E-state index in [4.69, 9.17) is 0 Å². The van der Waals surface area contributed by atoms with Gasteiger partial charge in [-0.1, -0.05) is 0 Å². The molecule has 0 radical (unpaired) electrons. The maximum atomic E-state index is 4.59. The summed E-state index contributed by atoms with van der Waals surface area (Å²) in [5.41, 5.74) is 0. The summed E-state index contributed by atoms with van der Waals surface area (Å²) < 4.78 is 1.91. The summed E-state index contributed by atoms with van der Waals surface area (Å²) in [4.78, 5) is 13.2. The second-order valence-corrected chi connectivity index (χ2v) is 4.24. The monoisotopic (exact) mass is 229 g/mol. The lowest BCUT2D eigenvalue weighted by atomic mass is 10.3. The van der Waals surface area contributed by atoms with Gasteiger partial charge in [-0.3, -0.25) is 4.57 Å². The Morgan fingerprint density at radius 3 is 2.94 bits per heavy atom. The van der Waals surface area contributed by atoms with Crippen LogP contribution in [0.5, 0.6) is 0 Å². The SMILES string of the molecule is CCNc1cc(-n2ccnc2)nc(C2CC2)n1. The molecule has 1 aliphatic carbocycles. The zero-order valence-corrected chi connectivity index (χ0v) is 9.80. The molecule has 0 unspecified atom stereocenters. The van der Waals surface area contributed by atoms with Gasteiger partial charge in [0.25, 0.3) is 0 Å². The first-order valence-electron chi connectivity index (χ1n) is 5.98. The van der Waals surface area contributed by atoms with Crippen LogP contribution in [0.3, 0.4) is 0 Å². The van der Waals surface area contributed by atoms with Crippen molar-refractivity contribution in [2.24, 2.45) is 0 Å². The molecule has 0 amide bonds. The highest BCUT2D eigenvalue weighted by molar-refractivity contribution is 5.42. The maximum absolute atomic E-state index is 4.59. The highest BCUT2D eigenvalue weighted by Crippen LogP contribution is 2.38. The van der Waals surface area contributed by atoms with Crippen LogP contribution in [0.15, 0.2) is 24.8 Å². The van der Waals surface area contributed by atoms with Crippen molar-refractivity contribution in [3.8, 4) is 5.82 Å². The number of hydrogen-bond donors (Lipinski definition) is 1. The van der Waals surface area contributed by atoms with Gasteiger partial charge in [0.05, 0.1) is 0 Å². The third kappa shape index (κ3) is 2.13. The van der Waals surface area contributed by atoms with Gasteiger partial charge in [0.15, 0.2) is 0 Å². The number of imidazole rings is 1. The topological polar surface area (TPSA) is 55.6 Å². The van der Waals surface area contributed by atoms with E-state index in [0.29, 0.717) is 5.92 Å². The van der Waals surface area contributed by atoms with E-state index in [2.05, 4.69) is 27.2 Å². The predicted octanol–water partition coefficient (Wildman–Crippen LogP) is 1.97. The fraction of sp³-hybridized carbons (Fsp3) is 0.417. The van der Waals surface area contributed by atoms with Crippen LogP contribution in [0.25, 0.3) is 5.82 Å². The Morgan fingerprint density at radius 1 is 1.41 bits per heavy atom. The molecule has 1 fully saturated rings. The molecule has 1 saturated carbocycles. The lowest BCUT2D eigenvalue weighted by Gasteiger charge is -2.08. The Balaban J connectivity index is 2.01. The van der Waals surface area contributed by atoms with Gasteiger partial charge in [0, 0.05) is 30.9 Å². The van der Waals surface area contributed by atoms with Crippen molar-refractivity contribution in [1.82, 2.24) is 19.5 Å². The molecule has 0 spiro atoms. The summed E-state index contributed by atoms with van der Waals surface area (Å²) in [6, 6.07) is 1.96. The molecule has 0 aromatic carbocycles. The Kier molecular flexibility index (Phi) is 2.51. The van der Waals surface area contributed by atoms with E-state index in [0.717, 1.165) is 24.0 Å². The zero-order chi connectivity index (χ0) is 11.7. The lowest BCUT2D eigenvalue weighted by molar-refractivity contribution is 0.877. The van der Waals surface area contributed by atoms with Crippen molar-refractivity contribution >= 4 is 5.82 Å². The quantitative estimate of drug-likeness (QED) is 0.870. The van der Waals surface area contributed by atoms with Gasteiger partial charge in [-0.15, -0.1) is 0 Å². The fourth-order valence-corrected chi connectivity index (χ4v) is 1.78. The second kappa shape index (κ2) is 4.16. The lowest BCUT2D eigenvalue weighted by Crippen LogP contribution is -2.06. The molecular weight excluding hydrogens is 214 g/mol. The van der Waals surface area contributed by atoms with Crippen LogP contribution in [0, 0.1) is 0 Å². The number of nitrogens with zero attached hydrogens (tertiary/aromatic N) is 4. The van der Waals surface area contributed by atoms with Gasteiger partial charge in [-0.2, -0.15) is 0 Å². The molecule has 0 bridgehead atoms. The number of hydrogen-bond acceptors (Lipinski definition) is 4. The number of anilines is 1. The van der Waals surface area contributed by atoms with E-state index in [9.17, 15) is 0 Å². The molecule has 5 heteroatoms. The minimum absolute atomic E-state index is 0.552. The first kappa shape index (κ1) is 10.3. The molecule has 0 saturated heterocycles. The van der Waals surface area contributed by atoms with Crippen LogP contribution in [-0.4, -0.2) is 26.1 Å². The van der Waals surface area contributed by atoms with E-state index < -0.39 is 0 Å². The Bertz CT molecular complexity index is 502. The van der Waals surface area contributed by atoms with Crippen molar-refractivity contribution in [2.45, 2.75) is 25.7 Å².